The van der Waals surface area contributed by atoms with Gasteiger partial charge in [0.2, 0.25) is 0 Å². The summed E-state index contributed by atoms with van der Waals surface area (Å²) in [6, 6.07) is 63.6. The Bertz CT molecular complexity index is 2760. The third-order valence-electron chi connectivity index (χ3n) is 10.8. The van der Waals surface area contributed by atoms with Crippen LogP contribution in [0, 0.1) is 0 Å². The van der Waals surface area contributed by atoms with Crippen LogP contribution in [0.1, 0.15) is 25.0 Å². The van der Waals surface area contributed by atoms with Gasteiger partial charge in [-0.3, -0.25) is 0 Å². The average Bonchev–Trinajstić information content (AvgIpc) is 3.65. The van der Waals surface area contributed by atoms with E-state index in [0.717, 1.165) is 50.1 Å². The zero-order valence-corrected chi connectivity index (χ0v) is 28.6. The second-order valence-electron chi connectivity index (χ2n) is 14.2. The molecule has 51 heavy (non-hydrogen) atoms. The number of fused-ring (bicyclic) bond motifs is 7. The number of hydrogen-bond donors (Lipinski definition) is 0. The van der Waals surface area contributed by atoms with E-state index in [1.165, 1.54) is 44.2 Å². The smallest absolute Gasteiger partial charge is 0.138 e. The van der Waals surface area contributed by atoms with E-state index in [1.807, 2.05) is 0 Å². The molecular formula is C49H35NO. The molecule has 9 aromatic rings. The van der Waals surface area contributed by atoms with Crippen molar-refractivity contribution in [3.05, 3.63) is 187 Å². The van der Waals surface area contributed by atoms with Gasteiger partial charge in [-0.2, -0.15) is 0 Å². The zero-order valence-electron chi connectivity index (χ0n) is 28.6. The van der Waals surface area contributed by atoms with Crippen LogP contribution >= 0.6 is 0 Å². The lowest BCUT2D eigenvalue weighted by Crippen LogP contribution is -2.16. The van der Waals surface area contributed by atoms with Crippen LogP contribution in [-0.2, 0) is 5.41 Å². The monoisotopic (exact) mass is 653 g/mol. The standard InChI is InChI=1S/C49H35NO/c1-49(2)44-20-12-11-19-40(44)41-26-25-38(30-45(41)49)50(37-23-21-33(22-24-37)32-13-5-3-6-14-32)39-29-42(34-15-7-4-8-16-34)48-43-27-35-17-9-10-18-36(35)28-46(43)51-47(48)31-39/h3-31H,1-2H3. The van der Waals surface area contributed by atoms with Gasteiger partial charge < -0.3 is 9.32 Å². The Kier molecular flexibility index (Phi) is 6.56. The Balaban J connectivity index is 1.22. The molecule has 0 saturated carbocycles. The molecule has 0 saturated heterocycles. The molecule has 1 aliphatic rings. The largest absolute Gasteiger partial charge is 0.456 e. The van der Waals surface area contributed by atoms with Crippen LogP contribution in [0.2, 0.25) is 0 Å². The highest BCUT2D eigenvalue weighted by Gasteiger charge is 2.35. The lowest BCUT2D eigenvalue weighted by atomic mass is 9.82. The van der Waals surface area contributed by atoms with Crippen LogP contribution in [-0.4, -0.2) is 0 Å². The van der Waals surface area contributed by atoms with Gasteiger partial charge in [-0.15, -0.1) is 0 Å². The van der Waals surface area contributed by atoms with Crippen molar-refractivity contribution in [2.45, 2.75) is 19.3 Å². The minimum atomic E-state index is -0.120. The van der Waals surface area contributed by atoms with Gasteiger partial charge in [-0.1, -0.05) is 141 Å². The first-order chi connectivity index (χ1) is 25.0. The summed E-state index contributed by atoms with van der Waals surface area (Å²) in [5.41, 5.74) is 14.9. The Morgan fingerprint density at radius 2 is 1.02 bits per heavy atom. The van der Waals surface area contributed by atoms with Crippen molar-refractivity contribution in [2.24, 2.45) is 0 Å². The molecule has 1 aliphatic carbocycles. The van der Waals surface area contributed by atoms with E-state index in [-0.39, 0.29) is 5.41 Å². The molecule has 1 heterocycles. The minimum Gasteiger partial charge on any atom is -0.456 e. The summed E-state index contributed by atoms with van der Waals surface area (Å²) in [5, 5.41) is 4.64. The second kappa shape index (κ2) is 11.3. The van der Waals surface area contributed by atoms with E-state index in [0.29, 0.717) is 0 Å². The van der Waals surface area contributed by atoms with Crippen LogP contribution in [0.5, 0.6) is 0 Å². The third-order valence-corrected chi connectivity index (χ3v) is 10.8. The molecule has 0 fully saturated rings. The fourth-order valence-corrected chi connectivity index (χ4v) is 8.26. The van der Waals surface area contributed by atoms with Crippen molar-refractivity contribution < 1.29 is 4.42 Å². The highest BCUT2D eigenvalue weighted by molar-refractivity contribution is 6.16. The molecule has 1 aromatic heterocycles. The SMILES string of the molecule is CC1(C)c2ccccc2-c2ccc(N(c3ccc(-c4ccccc4)cc3)c3cc(-c4ccccc4)c4c(c3)oc3cc5ccccc5cc34)cc21. The van der Waals surface area contributed by atoms with Gasteiger partial charge in [-0.25, -0.2) is 0 Å². The maximum Gasteiger partial charge on any atom is 0.138 e. The number of nitrogens with zero attached hydrogens (tertiary/aromatic N) is 1. The first-order valence-electron chi connectivity index (χ1n) is 17.7. The van der Waals surface area contributed by atoms with Gasteiger partial charge in [0.15, 0.2) is 0 Å². The van der Waals surface area contributed by atoms with E-state index in [2.05, 4.69) is 195 Å². The van der Waals surface area contributed by atoms with E-state index in [4.69, 9.17) is 4.42 Å². The van der Waals surface area contributed by atoms with Gasteiger partial charge in [-0.05, 0) is 97.7 Å². The molecule has 0 atom stereocenters. The number of benzene rings is 8. The summed E-state index contributed by atoms with van der Waals surface area (Å²) in [6.45, 7) is 4.69. The van der Waals surface area contributed by atoms with E-state index >= 15 is 0 Å². The van der Waals surface area contributed by atoms with Gasteiger partial charge in [0.1, 0.15) is 11.2 Å². The molecule has 10 rings (SSSR count). The van der Waals surface area contributed by atoms with Crippen LogP contribution in [0.15, 0.2) is 180 Å². The summed E-state index contributed by atoms with van der Waals surface area (Å²) in [4.78, 5) is 2.39. The Morgan fingerprint density at radius 1 is 0.412 bits per heavy atom. The maximum atomic E-state index is 6.78. The summed E-state index contributed by atoms with van der Waals surface area (Å²) in [6.07, 6.45) is 0. The summed E-state index contributed by atoms with van der Waals surface area (Å²) in [5.74, 6) is 0. The van der Waals surface area contributed by atoms with E-state index < -0.39 is 0 Å². The molecule has 242 valence electrons. The third kappa shape index (κ3) is 4.71. The molecule has 0 radical (unpaired) electrons. The first kappa shape index (κ1) is 29.5. The van der Waals surface area contributed by atoms with Crippen LogP contribution in [0.25, 0.3) is 66.1 Å². The van der Waals surface area contributed by atoms with Crippen molar-refractivity contribution >= 4 is 49.8 Å². The minimum absolute atomic E-state index is 0.120. The molecule has 0 unspecified atom stereocenters. The van der Waals surface area contributed by atoms with Gasteiger partial charge >= 0.3 is 0 Å². The first-order valence-corrected chi connectivity index (χ1v) is 17.7. The maximum absolute atomic E-state index is 6.78. The summed E-state index contributed by atoms with van der Waals surface area (Å²) >= 11 is 0. The highest BCUT2D eigenvalue weighted by atomic mass is 16.3. The van der Waals surface area contributed by atoms with Crippen molar-refractivity contribution in [2.75, 3.05) is 4.90 Å². The molecule has 0 bridgehead atoms. The Morgan fingerprint density at radius 3 is 1.78 bits per heavy atom. The number of anilines is 3. The van der Waals surface area contributed by atoms with Crippen LogP contribution < -0.4 is 4.90 Å². The van der Waals surface area contributed by atoms with Crippen molar-refractivity contribution in [3.63, 3.8) is 0 Å². The fraction of sp³-hybridized carbons (Fsp3) is 0.0612. The van der Waals surface area contributed by atoms with Gasteiger partial charge in [0.05, 0.1) is 5.69 Å². The van der Waals surface area contributed by atoms with Crippen molar-refractivity contribution in [3.8, 4) is 33.4 Å². The van der Waals surface area contributed by atoms with E-state index in [1.54, 1.807) is 0 Å². The lowest BCUT2D eigenvalue weighted by molar-refractivity contribution is 0.660. The molecule has 0 spiro atoms. The summed E-state index contributed by atoms with van der Waals surface area (Å²) < 4.78 is 6.78. The fourth-order valence-electron chi connectivity index (χ4n) is 8.26. The summed E-state index contributed by atoms with van der Waals surface area (Å²) in [7, 11) is 0. The molecule has 0 aliphatic heterocycles. The molecule has 2 heteroatoms. The molecule has 0 amide bonds. The number of furan rings is 1. The van der Waals surface area contributed by atoms with Gasteiger partial charge in [0, 0.05) is 33.6 Å². The number of hydrogen-bond acceptors (Lipinski definition) is 2. The Hall–Kier alpha value is -6.38. The van der Waals surface area contributed by atoms with Crippen LogP contribution in [0.3, 0.4) is 0 Å². The molecular weight excluding hydrogens is 619 g/mol. The predicted octanol–water partition coefficient (Wildman–Crippen LogP) is 13.8. The highest BCUT2D eigenvalue weighted by Crippen LogP contribution is 2.51. The lowest BCUT2D eigenvalue weighted by Gasteiger charge is -2.28. The Labute approximate surface area is 297 Å². The molecule has 8 aromatic carbocycles. The predicted molar refractivity (Wildman–Crippen MR) is 214 cm³/mol. The van der Waals surface area contributed by atoms with Gasteiger partial charge in [0.25, 0.3) is 0 Å². The average molecular weight is 654 g/mol. The normalized spacial score (nSPS) is 13.1. The molecule has 2 nitrogen and oxygen atoms in total. The van der Waals surface area contributed by atoms with Crippen molar-refractivity contribution in [1.82, 2.24) is 0 Å². The van der Waals surface area contributed by atoms with Crippen LogP contribution in [0.4, 0.5) is 17.1 Å². The zero-order chi connectivity index (χ0) is 34.1. The number of rotatable bonds is 5. The second-order valence-corrected chi connectivity index (χ2v) is 14.2. The topological polar surface area (TPSA) is 16.4 Å². The van der Waals surface area contributed by atoms with E-state index in [9.17, 15) is 0 Å². The van der Waals surface area contributed by atoms with Crippen molar-refractivity contribution in [1.29, 1.82) is 0 Å². The molecule has 0 N–H and O–H groups in total. The quantitative estimate of drug-likeness (QED) is 0.184.